The predicted molar refractivity (Wildman–Crippen MR) is 225 cm³/mol. The van der Waals surface area contributed by atoms with Crippen molar-refractivity contribution in [1.29, 1.82) is 0 Å². The highest BCUT2D eigenvalue weighted by Crippen LogP contribution is 2.55. The summed E-state index contributed by atoms with van der Waals surface area (Å²) in [5.41, 5.74) is 0. The van der Waals surface area contributed by atoms with Crippen LogP contribution >= 0.6 is 0 Å². The summed E-state index contributed by atoms with van der Waals surface area (Å²) >= 11 is 0. The van der Waals surface area contributed by atoms with E-state index in [9.17, 15) is 10.2 Å². The fraction of sp³-hybridized carbons (Fsp3) is 1.00. The van der Waals surface area contributed by atoms with E-state index >= 15 is 0 Å². The van der Waals surface area contributed by atoms with E-state index in [1.54, 1.807) is 0 Å². The second-order valence-electron chi connectivity index (χ2n) is 19.5. The van der Waals surface area contributed by atoms with Crippen molar-refractivity contribution in [2.75, 3.05) is 19.8 Å². The van der Waals surface area contributed by atoms with Gasteiger partial charge in [-0.25, -0.2) is 0 Å². The monoisotopic (exact) mass is 934 g/mol. The first-order valence-corrected chi connectivity index (χ1v) is 36.6. The molecule has 6 heterocycles. The maximum absolute atomic E-state index is 10.2. The molecule has 6 aliphatic rings. The molecule has 0 aromatic carbocycles. The van der Waals surface area contributed by atoms with Crippen LogP contribution in [0.5, 0.6) is 0 Å². The van der Waals surface area contributed by atoms with Crippen molar-refractivity contribution in [3.63, 3.8) is 0 Å². The summed E-state index contributed by atoms with van der Waals surface area (Å²) in [7, 11) is -32.0. The van der Waals surface area contributed by atoms with Crippen LogP contribution in [0.3, 0.4) is 0 Å². The Morgan fingerprint density at radius 2 is 0.554 bits per heavy atom. The lowest BCUT2D eigenvalue weighted by atomic mass is 10.3. The molecular weight excluding hydrogens is 861 g/mol. The molecule has 0 aromatic heterocycles. The molecule has 1 unspecified atom stereocenters. The molecule has 6 fully saturated rings. The Balaban J connectivity index is 1.91. The number of aliphatic hydroxyl groups excluding tert-OH is 2. The molecule has 0 amide bonds. The van der Waals surface area contributed by atoms with Crippen LogP contribution in [-0.4, -0.2) is 107 Å². The molecule has 0 saturated carbocycles. The number of ether oxygens (including phenoxy) is 1. The van der Waals surface area contributed by atoms with E-state index < -0.39 is 83.1 Å². The van der Waals surface area contributed by atoms with Crippen LogP contribution < -0.4 is 0 Å². The van der Waals surface area contributed by atoms with Gasteiger partial charge in [-0.05, 0) is 41.4 Å². The van der Waals surface area contributed by atoms with Gasteiger partial charge in [0, 0.05) is 48.4 Å². The van der Waals surface area contributed by atoms with Crippen molar-refractivity contribution in [2.24, 2.45) is 41.4 Å². The van der Waals surface area contributed by atoms with E-state index in [0.29, 0.717) is 42.3 Å². The minimum atomic E-state index is -4.14. The zero-order chi connectivity index (χ0) is 41.6. The molecule has 6 aliphatic heterocycles. The Hall–Kier alpha value is 1.14. The van der Waals surface area contributed by atoms with Gasteiger partial charge in [-0.15, -0.1) is 0 Å². The zero-order valence-electron chi connectivity index (χ0n) is 36.6. The Bertz CT molecular complexity index is 1160. The van der Waals surface area contributed by atoms with Crippen LogP contribution in [0.1, 0.15) is 96.9 Å². The summed E-state index contributed by atoms with van der Waals surface area (Å²) in [6.07, 6.45) is -1.04. The van der Waals surface area contributed by atoms with Gasteiger partial charge in [-0.2, -0.15) is 0 Å². The van der Waals surface area contributed by atoms with Crippen LogP contribution in [-0.2, 0) is 54.1 Å². The first-order valence-electron chi connectivity index (χ1n) is 21.1. The lowest BCUT2D eigenvalue weighted by Gasteiger charge is -2.64. The Kier molecular flexibility index (Phi) is 15.6. The molecule has 1 atom stereocenters. The topological polar surface area (TPSA) is 160 Å². The van der Waals surface area contributed by atoms with Gasteiger partial charge in [-0.3, -0.25) is 0 Å². The SMILES string of the molecule is CC(C)C[Si]12O[Si]3(CCOCC(O)CO)O[Si]4(CC(C)C)O[Si](CC(C)C)(O1)O[Si]1(CC(C)C)O[Si](CC(C)C)(O2)O[Si](CC(C)C)(O3)O[Si](CC(C)C)(O4)O1. The third-order valence-corrected chi connectivity index (χ3v) is 49.3. The smallest absolute Gasteiger partial charge is 0.394 e. The van der Waals surface area contributed by atoms with Gasteiger partial charge in [0.25, 0.3) is 0 Å². The number of aliphatic hydroxyl groups is 2. The van der Waals surface area contributed by atoms with Gasteiger partial charge in [0.1, 0.15) is 6.10 Å². The molecule has 6 saturated heterocycles. The van der Waals surface area contributed by atoms with Crippen LogP contribution in [0.4, 0.5) is 0 Å². The van der Waals surface area contributed by atoms with Gasteiger partial charge in [0.2, 0.25) is 0 Å². The van der Waals surface area contributed by atoms with Crippen molar-refractivity contribution in [3.8, 4) is 0 Å². The third-order valence-electron chi connectivity index (χ3n) is 9.41. The molecule has 328 valence electrons. The van der Waals surface area contributed by atoms with E-state index in [1.807, 2.05) is 0 Å². The second-order valence-corrected chi connectivity index (χ2v) is 43.6. The molecule has 23 heteroatoms. The Labute approximate surface area is 345 Å². The van der Waals surface area contributed by atoms with Gasteiger partial charge < -0.3 is 64.3 Å². The van der Waals surface area contributed by atoms with Crippen molar-refractivity contribution < 1.29 is 64.3 Å². The van der Waals surface area contributed by atoms with Gasteiger partial charge in [0.15, 0.2) is 0 Å². The molecule has 0 radical (unpaired) electrons. The number of hydrogen-bond donors (Lipinski definition) is 2. The second kappa shape index (κ2) is 18.1. The highest BCUT2D eigenvalue weighted by molar-refractivity contribution is 7.03. The Morgan fingerprint density at radius 3 is 0.732 bits per heavy atom. The van der Waals surface area contributed by atoms with Crippen LogP contribution in [0.15, 0.2) is 0 Å². The van der Waals surface area contributed by atoms with E-state index in [2.05, 4.69) is 96.9 Å². The van der Waals surface area contributed by atoms with Crippen molar-refractivity contribution >= 4 is 70.4 Å². The summed E-state index contributed by atoms with van der Waals surface area (Å²) in [4.78, 5) is 0. The maximum atomic E-state index is 10.2. The first-order chi connectivity index (χ1) is 25.9. The normalized spacial score (nSPS) is 40.3. The summed E-state index contributed by atoms with van der Waals surface area (Å²) in [6.45, 7) is 29.4. The summed E-state index contributed by atoms with van der Waals surface area (Å²) in [5.74, 6) is 0.530. The molecular formula is C33H74O15Si8. The van der Waals surface area contributed by atoms with Gasteiger partial charge >= 0.3 is 70.4 Å². The van der Waals surface area contributed by atoms with Crippen molar-refractivity contribution in [3.05, 3.63) is 0 Å². The maximum Gasteiger partial charge on any atom is 0.481 e. The fourth-order valence-corrected chi connectivity index (χ4v) is 59.7. The quantitative estimate of drug-likeness (QED) is 0.0977. The molecule has 15 nitrogen and oxygen atoms in total. The molecule has 8 bridgehead atoms. The average Bonchev–Trinajstić information content (AvgIpc) is 2.92. The molecule has 6 rings (SSSR count). The number of rotatable bonds is 20. The largest absolute Gasteiger partial charge is 0.481 e. The lowest BCUT2D eigenvalue weighted by Crippen LogP contribution is -2.88. The molecule has 56 heavy (non-hydrogen) atoms. The molecule has 0 spiro atoms. The fourth-order valence-electron chi connectivity index (χ4n) is 8.34. The van der Waals surface area contributed by atoms with E-state index in [0.717, 1.165) is 0 Å². The number of hydrogen-bond acceptors (Lipinski definition) is 15. The lowest BCUT2D eigenvalue weighted by molar-refractivity contribution is -0.0368. The summed E-state index contributed by atoms with van der Waals surface area (Å²) < 4.78 is 98.5. The molecule has 0 aromatic rings. The zero-order valence-corrected chi connectivity index (χ0v) is 44.6. The molecule has 0 aliphatic carbocycles. The third kappa shape index (κ3) is 11.6. The average molecular weight is 936 g/mol. The summed E-state index contributed by atoms with van der Waals surface area (Å²) in [6, 6.07) is 3.14. The summed E-state index contributed by atoms with van der Waals surface area (Å²) in [5, 5.41) is 19.8. The van der Waals surface area contributed by atoms with Crippen LogP contribution in [0.2, 0.25) is 48.4 Å². The standard InChI is InChI=1S/C33H74O15Si8/c1-26(2)19-50-37-49(16-15-36-18-33(35)17-34)38-51(20-27(3)4)42-53(40-50,22-29(7)8)46-56(25-32(13)14)47-54(41-50,23-30(9)10)43-52(39-49,21-28(5)6)45-55(44-51,48-56)24-31(11)12/h26-35H,15-25H2,1-14H3. The predicted octanol–water partition coefficient (Wildman–Crippen LogP) is 6.73. The molecule has 2 N–H and O–H groups in total. The minimum absolute atomic E-state index is 0.0581. The van der Waals surface area contributed by atoms with E-state index in [1.165, 1.54) is 0 Å². The Morgan fingerprint density at radius 1 is 0.357 bits per heavy atom. The highest BCUT2D eigenvalue weighted by Gasteiger charge is 2.83. The highest BCUT2D eigenvalue weighted by atomic mass is 28.6. The van der Waals surface area contributed by atoms with E-state index in [-0.39, 0.29) is 60.7 Å². The first kappa shape index (κ1) is 48.2. The van der Waals surface area contributed by atoms with Crippen LogP contribution in [0.25, 0.3) is 0 Å². The van der Waals surface area contributed by atoms with Crippen molar-refractivity contribution in [2.45, 2.75) is 151 Å². The minimum Gasteiger partial charge on any atom is -0.394 e. The van der Waals surface area contributed by atoms with Gasteiger partial charge in [0.05, 0.1) is 19.8 Å². The van der Waals surface area contributed by atoms with Crippen molar-refractivity contribution in [1.82, 2.24) is 0 Å². The van der Waals surface area contributed by atoms with E-state index in [4.69, 9.17) is 54.1 Å². The van der Waals surface area contributed by atoms with Crippen LogP contribution in [0, 0.1) is 41.4 Å². The van der Waals surface area contributed by atoms with Gasteiger partial charge in [-0.1, -0.05) is 96.9 Å².